The third kappa shape index (κ3) is 2.64. The number of likely N-dealkylation sites (N-methyl/N-ethyl adjacent to an activating group) is 1. The van der Waals surface area contributed by atoms with Crippen molar-refractivity contribution in [2.45, 2.75) is 25.9 Å². The number of piperazine rings is 1. The molecule has 0 radical (unpaired) electrons. The summed E-state index contributed by atoms with van der Waals surface area (Å²) in [5.74, 6) is 1.03. The lowest BCUT2D eigenvalue weighted by atomic mass is 10.1. The van der Waals surface area contributed by atoms with Crippen molar-refractivity contribution in [3.8, 4) is 0 Å². The molecule has 1 aliphatic rings. The van der Waals surface area contributed by atoms with Crippen LogP contribution in [0.2, 0.25) is 0 Å². The fourth-order valence-electron chi connectivity index (χ4n) is 2.96. The van der Waals surface area contributed by atoms with E-state index in [1.165, 1.54) is 6.42 Å². The van der Waals surface area contributed by atoms with E-state index in [1.807, 2.05) is 18.2 Å². The largest absolute Gasteiger partial charge is 0.399 e. The third-order valence-corrected chi connectivity index (χ3v) is 4.26. The molecule has 2 heterocycles. The predicted molar refractivity (Wildman–Crippen MR) is 82.5 cm³/mol. The first-order valence-corrected chi connectivity index (χ1v) is 7.32. The van der Waals surface area contributed by atoms with Gasteiger partial charge in [0.25, 0.3) is 0 Å². The van der Waals surface area contributed by atoms with Crippen molar-refractivity contribution in [1.29, 1.82) is 0 Å². The molecule has 5 heteroatoms. The van der Waals surface area contributed by atoms with Crippen LogP contribution in [0.15, 0.2) is 18.2 Å². The molecule has 1 atom stereocenters. The normalized spacial score (nSPS) is 21.6. The lowest BCUT2D eigenvalue weighted by Gasteiger charge is -2.38. The molecule has 0 bridgehead atoms. The predicted octanol–water partition coefficient (Wildman–Crippen LogP) is 1.67. The van der Waals surface area contributed by atoms with Crippen molar-refractivity contribution in [2.75, 3.05) is 32.4 Å². The number of benzene rings is 1. The number of nitrogens with one attached hydrogen (secondary N) is 1. The summed E-state index contributed by atoms with van der Waals surface area (Å²) in [6.45, 7) is 6.50. The Bertz CT molecular complexity index is 591. The van der Waals surface area contributed by atoms with E-state index in [2.05, 4.69) is 33.7 Å². The van der Waals surface area contributed by atoms with Crippen molar-refractivity contribution in [3.63, 3.8) is 0 Å². The summed E-state index contributed by atoms with van der Waals surface area (Å²) in [7, 11) is 2.22. The third-order valence-electron chi connectivity index (χ3n) is 4.26. The van der Waals surface area contributed by atoms with Crippen LogP contribution in [0.3, 0.4) is 0 Å². The number of anilines is 1. The SMILES string of the molecule is CCC1CN(Cc2nc3ccc(N)cc3[nH]2)CCN1C. The van der Waals surface area contributed by atoms with E-state index >= 15 is 0 Å². The number of aromatic nitrogens is 2. The number of nitrogen functional groups attached to an aromatic ring is 1. The Kier molecular flexibility index (Phi) is 3.63. The average molecular weight is 273 g/mol. The van der Waals surface area contributed by atoms with Gasteiger partial charge < -0.3 is 15.6 Å². The maximum Gasteiger partial charge on any atom is 0.121 e. The zero-order valence-corrected chi connectivity index (χ0v) is 12.3. The number of rotatable bonds is 3. The van der Waals surface area contributed by atoms with Gasteiger partial charge in [0.05, 0.1) is 17.6 Å². The Labute approximate surface area is 119 Å². The summed E-state index contributed by atoms with van der Waals surface area (Å²) in [5, 5.41) is 0. The zero-order chi connectivity index (χ0) is 14.1. The van der Waals surface area contributed by atoms with Gasteiger partial charge in [0, 0.05) is 31.4 Å². The number of hydrogen-bond acceptors (Lipinski definition) is 4. The van der Waals surface area contributed by atoms with Crippen LogP contribution < -0.4 is 5.73 Å². The van der Waals surface area contributed by atoms with E-state index in [4.69, 9.17) is 5.73 Å². The Morgan fingerprint density at radius 2 is 2.25 bits per heavy atom. The van der Waals surface area contributed by atoms with E-state index in [9.17, 15) is 0 Å². The minimum absolute atomic E-state index is 0.656. The molecule has 1 aromatic carbocycles. The van der Waals surface area contributed by atoms with Gasteiger partial charge in [-0.3, -0.25) is 4.90 Å². The molecule has 0 amide bonds. The number of H-pyrrole nitrogens is 1. The lowest BCUT2D eigenvalue weighted by Crippen LogP contribution is -2.50. The van der Waals surface area contributed by atoms with Gasteiger partial charge in [-0.2, -0.15) is 0 Å². The van der Waals surface area contributed by atoms with Crippen LogP contribution >= 0.6 is 0 Å². The van der Waals surface area contributed by atoms with Gasteiger partial charge in [-0.25, -0.2) is 4.98 Å². The van der Waals surface area contributed by atoms with Crippen LogP contribution in [0.4, 0.5) is 5.69 Å². The molecular weight excluding hydrogens is 250 g/mol. The fourth-order valence-corrected chi connectivity index (χ4v) is 2.96. The second-order valence-electron chi connectivity index (χ2n) is 5.74. The fraction of sp³-hybridized carbons (Fsp3) is 0.533. The Hall–Kier alpha value is -1.59. The van der Waals surface area contributed by atoms with Gasteiger partial charge in [0.15, 0.2) is 0 Å². The first kappa shape index (κ1) is 13.4. The van der Waals surface area contributed by atoms with Crippen molar-refractivity contribution in [3.05, 3.63) is 24.0 Å². The second kappa shape index (κ2) is 5.42. The first-order valence-electron chi connectivity index (χ1n) is 7.32. The molecule has 108 valence electrons. The molecule has 0 aliphatic carbocycles. The molecule has 20 heavy (non-hydrogen) atoms. The topological polar surface area (TPSA) is 61.2 Å². The van der Waals surface area contributed by atoms with E-state index in [0.29, 0.717) is 6.04 Å². The van der Waals surface area contributed by atoms with Crippen LogP contribution in [0.25, 0.3) is 11.0 Å². The maximum atomic E-state index is 5.81. The summed E-state index contributed by atoms with van der Waals surface area (Å²) >= 11 is 0. The summed E-state index contributed by atoms with van der Waals surface area (Å²) in [6, 6.07) is 6.48. The van der Waals surface area contributed by atoms with Crippen molar-refractivity contribution in [1.82, 2.24) is 19.8 Å². The number of aromatic amines is 1. The van der Waals surface area contributed by atoms with Crippen molar-refractivity contribution in [2.24, 2.45) is 0 Å². The number of nitrogens with two attached hydrogens (primary N) is 1. The number of imidazole rings is 1. The van der Waals surface area contributed by atoms with E-state index in [0.717, 1.165) is 48.7 Å². The zero-order valence-electron chi connectivity index (χ0n) is 12.3. The Morgan fingerprint density at radius 3 is 3.05 bits per heavy atom. The molecule has 3 N–H and O–H groups in total. The van der Waals surface area contributed by atoms with E-state index < -0.39 is 0 Å². The van der Waals surface area contributed by atoms with Crippen LogP contribution in [0.1, 0.15) is 19.2 Å². The minimum atomic E-state index is 0.656. The molecule has 0 spiro atoms. The van der Waals surface area contributed by atoms with Crippen molar-refractivity contribution >= 4 is 16.7 Å². The van der Waals surface area contributed by atoms with Crippen molar-refractivity contribution < 1.29 is 0 Å². The first-order chi connectivity index (χ1) is 9.65. The summed E-state index contributed by atoms with van der Waals surface area (Å²) < 4.78 is 0. The molecule has 1 aromatic heterocycles. The maximum absolute atomic E-state index is 5.81. The molecule has 1 unspecified atom stereocenters. The summed E-state index contributed by atoms with van der Waals surface area (Å²) in [4.78, 5) is 13.0. The molecule has 1 fully saturated rings. The van der Waals surface area contributed by atoms with Gasteiger partial charge in [0.1, 0.15) is 5.82 Å². The Balaban J connectivity index is 1.73. The van der Waals surface area contributed by atoms with E-state index in [-0.39, 0.29) is 0 Å². The van der Waals surface area contributed by atoms with Crippen LogP contribution in [-0.4, -0.2) is 52.5 Å². The molecule has 0 saturated carbocycles. The van der Waals surface area contributed by atoms with Gasteiger partial charge in [-0.15, -0.1) is 0 Å². The highest BCUT2D eigenvalue weighted by molar-refractivity contribution is 5.78. The van der Waals surface area contributed by atoms with Gasteiger partial charge in [-0.05, 0) is 31.7 Å². The molecule has 2 aromatic rings. The molecule has 5 nitrogen and oxygen atoms in total. The molecule has 1 saturated heterocycles. The molecular formula is C15H23N5. The quantitative estimate of drug-likeness (QED) is 0.835. The van der Waals surface area contributed by atoms with Crippen LogP contribution in [0, 0.1) is 0 Å². The summed E-state index contributed by atoms with van der Waals surface area (Å²) in [5.41, 5.74) is 8.61. The van der Waals surface area contributed by atoms with Crippen LogP contribution in [-0.2, 0) is 6.54 Å². The van der Waals surface area contributed by atoms with Gasteiger partial charge in [-0.1, -0.05) is 6.92 Å². The monoisotopic (exact) mass is 273 g/mol. The molecule has 1 aliphatic heterocycles. The van der Waals surface area contributed by atoms with Gasteiger partial charge in [0.2, 0.25) is 0 Å². The highest BCUT2D eigenvalue weighted by Crippen LogP contribution is 2.17. The van der Waals surface area contributed by atoms with Crippen LogP contribution in [0.5, 0.6) is 0 Å². The molecule has 3 rings (SSSR count). The number of hydrogen-bond donors (Lipinski definition) is 2. The standard InChI is InChI=1S/C15H23N5/c1-3-12-9-20(7-6-19(12)2)10-15-17-13-5-4-11(16)8-14(13)18-15/h4-5,8,12H,3,6-7,9-10,16H2,1-2H3,(H,17,18). The van der Waals surface area contributed by atoms with E-state index in [1.54, 1.807) is 0 Å². The van der Waals surface area contributed by atoms with Gasteiger partial charge >= 0.3 is 0 Å². The average Bonchev–Trinajstić information content (AvgIpc) is 2.82. The Morgan fingerprint density at radius 1 is 1.40 bits per heavy atom. The highest BCUT2D eigenvalue weighted by atomic mass is 15.3. The number of nitrogens with zero attached hydrogens (tertiary/aromatic N) is 3. The summed E-state index contributed by atoms with van der Waals surface area (Å²) in [6.07, 6.45) is 1.20. The lowest BCUT2D eigenvalue weighted by molar-refractivity contribution is 0.0868. The number of fused-ring (bicyclic) bond motifs is 1. The minimum Gasteiger partial charge on any atom is -0.399 e. The smallest absolute Gasteiger partial charge is 0.121 e. The highest BCUT2D eigenvalue weighted by Gasteiger charge is 2.23. The second-order valence-corrected chi connectivity index (χ2v) is 5.74.